The predicted molar refractivity (Wildman–Crippen MR) is 106 cm³/mol. The number of rotatable bonds is 2. The van der Waals surface area contributed by atoms with Crippen molar-refractivity contribution in [2.24, 2.45) is 7.05 Å². The quantitative estimate of drug-likeness (QED) is 0.501. The van der Waals surface area contributed by atoms with Crippen LogP contribution in [0.5, 0.6) is 0 Å². The average molecular weight is 337 g/mol. The predicted octanol–water partition coefficient (Wildman–Crippen LogP) is 4.60. The van der Waals surface area contributed by atoms with Crippen LogP contribution < -0.4 is 0 Å². The zero-order valence-corrected chi connectivity index (χ0v) is 14.9. The molecule has 3 nitrogen and oxygen atoms in total. The Morgan fingerprint density at radius 3 is 2.54 bits per heavy atom. The van der Waals surface area contributed by atoms with Gasteiger partial charge >= 0.3 is 0 Å². The van der Waals surface area contributed by atoms with Gasteiger partial charge in [-0.15, -0.1) is 0 Å². The molecule has 0 bridgehead atoms. The molecule has 2 heterocycles. The van der Waals surface area contributed by atoms with Gasteiger partial charge in [-0.3, -0.25) is 9.67 Å². The molecule has 0 aliphatic carbocycles. The van der Waals surface area contributed by atoms with Gasteiger partial charge in [0, 0.05) is 35.5 Å². The Balaban J connectivity index is 1.89. The third-order valence-electron chi connectivity index (χ3n) is 4.40. The van der Waals surface area contributed by atoms with Gasteiger partial charge in [0.15, 0.2) is 0 Å². The van der Waals surface area contributed by atoms with Crippen LogP contribution in [0.25, 0.3) is 22.0 Å². The van der Waals surface area contributed by atoms with Gasteiger partial charge < -0.3 is 0 Å². The molecule has 0 saturated carbocycles. The van der Waals surface area contributed by atoms with Crippen molar-refractivity contribution in [2.75, 3.05) is 0 Å². The molecule has 4 aromatic rings. The van der Waals surface area contributed by atoms with E-state index in [1.807, 2.05) is 37.5 Å². The fourth-order valence-electron chi connectivity index (χ4n) is 3.09. The highest BCUT2D eigenvalue weighted by molar-refractivity contribution is 5.89. The maximum atomic E-state index is 4.90. The second-order valence-electron chi connectivity index (χ2n) is 6.20. The van der Waals surface area contributed by atoms with Gasteiger partial charge in [0.25, 0.3) is 0 Å². The Bertz CT molecular complexity index is 1130. The zero-order valence-electron chi connectivity index (χ0n) is 14.9. The Morgan fingerprint density at radius 1 is 0.962 bits per heavy atom. The zero-order chi connectivity index (χ0) is 17.9. The highest BCUT2D eigenvalue weighted by Gasteiger charge is 2.09. The molecule has 0 atom stereocenters. The minimum absolute atomic E-state index is 0.769. The first-order chi connectivity index (χ1) is 12.7. The van der Waals surface area contributed by atoms with Crippen molar-refractivity contribution in [3.8, 4) is 23.0 Å². The van der Waals surface area contributed by atoms with Gasteiger partial charge in [0.1, 0.15) is 5.69 Å². The SMILES string of the molecule is CCc1nc2cccc(C#Cc3ccn(C)n3)c2cc1-c1ccccc1. The molecule has 0 amide bonds. The smallest absolute Gasteiger partial charge is 0.135 e. The molecule has 126 valence electrons. The molecule has 2 aromatic carbocycles. The first-order valence-electron chi connectivity index (χ1n) is 8.74. The number of benzene rings is 2. The molecule has 0 radical (unpaired) electrons. The monoisotopic (exact) mass is 337 g/mol. The summed E-state index contributed by atoms with van der Waals surface area (Å²) in [6, 6.07) is 20.7. The van der Waals surface area contributed by atoms with Crippen molar-refractivity contribution in [1.82, 2.24) is 14.8 Å². The van der Waals surface area contributed by atoms with Crippen LogP contribution in [0.3, 0.4) is 0 Å². The number of pyridine rings is 1. The van der Waals surface area contributed by atoms with E-state index in [2.05, 4.69) is 60.3 Å². The number of nitrogens with zero attached hydrogens (tertiary/aromatic N) is 3. The molecule has 0 spiro atoms. The van der Waals surface area contributed by atoms with Crippen molar-refractivity contribution in [1.29, 1.82) is 0 Å². The van der Waals surface area contributed by atoms with Crippen molar-refractivity contribution >= 4 is 10.9 Å². The van der Waals surface area contributed by atoms with E-state index < -0.39 is 0 Å². The van der Waals surface area contributed by atoms with E-state index in [0.717, 1.165) is 34.3 Å². The second kappa shape index (κ2) is 6.85. The Hall–Kier alpha value is -3.38. The van der Waals surface area contributed by atoms with Crippen LogP contribution in [0, 0.1) is 11.8 Å². The molecule has 4 rings (SSSR count). The lowest BCUT2D eigenvalue weighted by atomic mass is 9.98. The minimum Gasteiger partial charge on any atom is -0.275 e. The van der Waals surface area contributed by atoms with E-state index in [0.29, 0.717) is 0 Å². The van der Waals surface area contributed by atoms with Crippen molar-refractivity contribution in [2.45, 2.75) is 13.3 Å². The Morgan fingerprint density at radius 2 is 1.81 bits per heavy atom. The van der Waals surface area contributed by atoms with Crippen LogP contribution in [0.1, 0.15) is 23.9 Å². The molecule has 0 saturated heterocycles. The van der Waals surface area contributed by atoms with Crippen molar-refractivity contribution in [3.63, 3.8) is 0 Å². The summed E-state index contributed by atoms with van der Waals surface area (Å²) < 4.78 is 1.76. The number of hydrogen-bond acceptors (Lipinski definition) is 2. The van der Waals surface area contributed by atoms with Gasteiger partial charge in [0.05, 0.1) is 5.52 Å². The summed E-state index contributed by atoms with van der Waals surface area (Å²) >= 11 is 0. The molecular weight excluding hydrogens is 318 g/mol. The average Bonchev–Trinajstić information content (AvgIpc) is 3.11. The number of aromatic nitrogens is 3. The molecular formula is C23H19N3. The number of aryl methyl sites for hydroxylation is 2. The number of fused-ring (bicyclic) bond motifs is 1. The molecule has 0 aliphatic heterocycles. The lowest BCUT2D eigenvalue weighted by Gasteiger charge is -2.10. The molecule has 0 aliphatic rings. The lowest BCUT2D eigenvalue weighted by molar-refractivity contribution is 0.764. The standard InChI is InChI=1S/C23H19N3/c1-3-22-20(17-8-5-4-6-9-17)16-21-18(10-7-11-23(21)24-22)12-13-19-14-15-26(2)25-19/h4-11,14-16H,3H2,1-2H3. The molecule has 26 heavy (non-hydrogen) atoms. The summed E-state index contributed by atoms with van der Waals surface area (Å²) in [6.07, 6.45) is 2.79. The van der Waals surface area contributed by atoms with Crippen LogP contribution in [-0.4, -0.2) is 14.8 Å². The van der Waals surface area contributed by atoms with E-state index in [9.17, 15) is 0 Å². The van der Waals surface area contributed by atoms with E-state index >= 15 is 0 Å². The van der Waals surface area contributed by atoms with Gasteiger partial charge in [-0.05, 0) is 42.2 Å². The largest absolute Gasteiger partial charge is 0.275 e. The maximum absolute atomic E-state index is 4.90. The van der Waals surface area contributed by atoms with Crippen LogP contribution in [0.2, 0.25) is 0 Å². The highest BCUT2D eigenvalue weighted by atomic mass is 15.2. The highest BCUT2D eigenvalue weighted by Crippen LogP contribution is 2.28. The van der Waals surface area contributed by atoms with Crippen LogP contribution in [-0.2, 0) is 13.5 Å². The number of hydrogen-bond donors (Lipinski definition) is 0. The van der Waals surface area contributed by atoms with E-state index in [-0.39, 0.29) is 0 Å². The van der Waals surface area contributed by atoms with Crippen LogP contribution in [0.15, 0.2) is 66.9 Å². The molecule has 2 aromatic heterocycles. The van der Waals surface area contributed by atoms with Gasteiger partial charge in [-0.1, -0.05) is 49.2 Å². The Labute approximate surface area is 153 Å². The van der Waals surface area contributed by atoms with Gasteiger partial charge in [-0.2, -0.15) is 5.10 Å². The Kier molecular flexibility index (Phi) is 4.25. The summed E-state index contributed by atoms with van der Waals surface area (Å²) in [7, 11) is 1.89. The van der Waals surface area contributed by atoms with Crippen molar-refractivity contribution < 1.29 is 0 Å². The van der Waals surface area contributed by atoms with E-state index in [4.69, 9.17) is 4.98 Å². The first kappa shape index (κ1) is 16.1. The van der Waals surface area contributed by atoms with Gasteiger partial charge in [0.2, 0.25) is 0 Å². The maximum Gasteiger partial charge on any atom is 0.135 e. The summed E-state index contributed by atoms with van der Waals surface area (Å²) in [5.74, 6) is 6.42. The minimum atomic E-state index is 0.769. The van der Waals surface area contributed by atoms with Crippen LogP contribution >= 0.6 is 0 Å². The topological polar surface area (TPSA) is 30.7 Å². The van der Waals surface area contributed by atoms with E-state index in [1.165, 1.54) is 11.1 Å². The molecule has 0 N–H and O–H groups in total. The molecule has 3 heteroatoms. The molecule has 0 unspecified atom stereocenters. The van der Waals surface area contributed by atoms with Crippen LogP contribution in [0.4, 0.5) is 0 Å². The second-order valence-corrected chi connectivity index (χ2v) is 6.20. The van der Waals surface area contributed by atoms with Gasteiger partial charge in [-0.25, -0.2) is 0 Å². The third-order valence-corrected chi connectivity index (χ3v) is 4.40. The fourth-order valence-corrected chi connectivity index (χ4v) is 3.09. The summed E-state index contributed by atoms with van der Waals surface area (Å²) in [6.45, 7) is 2.14. The first-order valence-corrected chi connectivity index (χ1v) is 8.74. The lowest BCUT2D eigenvalue weighted by Crippen LogP contribution is -1.95. The van der Waals surface area contributed by atoms with E-state index in [1.54, 1.807) is 4.68 Å². The summed E-state index contributed by atoms with van der Waals surface area (Å²) in [5, 5.41) is 5.40. The third kappa shape index (κ3) is 3.10. The normalized spacial score (nSPS) is 10.5. The van der Waals surface area contributed by atoms with Crippen molar-refractivity contribution in [3.05, 3.63) is 83.8 Å². The fraction of sp³-hybridized carbons (Fsp3) is 0.130. The summed E-state index contributed by atoms with van der Waals surface area (Å²) in [4.78, 5) is 4.90. The summed E-state index contributed by atoms with van der Waals surface area (Å²) in [5.41, 5.74) is 6.19. The molecule has 0 fully saturated rings.